The molecule has 0 aromatic heterocycles. The second-order valence-electron chi connectivity index (χ2n) is 3.73. The van der Waals surface area contributed by atoms with Gasteiger partial charge < -0.3 is 15.3 Å². The summed E-state index contributed by atoms with van der Waals surface area (Å²) in [6, 6.07) is 7.13. The van der Waals surface area contributed by atoms with Crippen molar-refractivity contribution in [3.8, 4) is 0 Å². The van der Waals surface area contributed by atoms with Gasteiger partial charge in [0.1, 0.15) is 12.5 Å². The molecule has 3 unspecified atom stereocenters. The molecule has 1 aliphatic rings. The van der Waals surface area contributed by atoms with Crippen molar-refractivity contribution < 1.29 is 15.3 Å². The number of benzene rings is 1. The Hall–Kier alpha value is -0.940. The van der Waals surface area contributed by atoms with Crippen LogP contribution in [0.25, 0.3) is 0 Å². The van der Waals surface area contributed by atoms with Gasteiger partial charge in [0, 0.05) is 17.7 Å². The lowest BCUT2D eigenvalue weighted by Crippen LogP contribution is -2.32. The largest absolute Gasteiger partial charge is 0.392 e. The number of fused-ring (bicyclic) bond motifs is 1. The highest BCUT2D eigenvalue weighted by Crippen LogP contribution is 2.38. The third-order valence-corrected chi connectivity index (χ3v) is 2.60. The first kappa shape index (κ1) is 10.6. The molecule has 15 heavy (non-hydrogen) atoms. The van der Waals surface area contributed by atoms with Gasteiger partial charge in [0.25, 0.3) is 0 Å². The minimum atomic E-state index is -0.868. The van der Waals surface area contributed by atoms with Crippen LogP contribution in [0.15, 0.2) is 24.3 Å². The Bertz CT molecular complexity index is 324. The highest BCUT2D eigenvalue weighted by molar-refractivity contribution is 5.34. The number of hydrogen-bond acceptors (Lipinski definition) is 4. The quantitative estimate of drug-likeness (QED) is 0.648. The van der Waals surface area contributed by atoms with Crippen LogP contribution in [0, 0.1) is 6.92 Å². The van der Waals surface area contributed by atoms with Gasteiger partial charge in [-0.15, -0.1) is 0 Å². The Kier molecular flexibility index (Phi) is 2.75. The fourth-order valence-electron chi connectivity index (χ4n) is 1.92. The smallest absolute Gasteiger partial charge is 0.136 e. The van der Waals surface area contributed by atoms with Crippen molar-refractivity contribution in [2.24, 2.45) is 0 Å². The number of β-amino-alcohol motifs (C(OH)–C–C–N with tert-alkyl or cyclic N) is 1. The number of aliphatic hydroxyl groups excluding tert-OH is 3. The fraction of sp³-hybridized carbons (Fsp3) is 0.364. The van der Waals surface area contributed by atoms with Gasteiger partial charge in [-0.3, -0.25) is 0 Å². The maximum absolute atomic E-state index is 9.89. The van der Waals surface area contributed by atoms with E-state index in [1.54, 1.807) is 24.3 Å². The molecule has 3 atom stereocenters. The fourth-order valence-corrected chi connectivity index (χ4v) is 1.92. The van der Waals surface area contributed by atoms with Crippen LogP contribution in [0.3, 0.4) is 0 Å². The molecule has 0 saturated heterocycles. The lowest BCUT2D eigenvalue weighted by atomic mass is 10.1. The van der Waals surface area contributed by atoms with Crippen LogP contribution in [0.5, 0.6) is 0 Å². The molecule has 0 bridgehead atoms. The summed E-state index contributed by atoms with van der Waals surface area (Å²) in [6.45, 7) is 3.56. The van der Waals surface area contributed by atoms with E-state index < -0.39 is 18.6 Å². The molecule has 2 rings (SSSR count). The van der Waals surface area contributed by atoms with Crippen molar-refractivity contribution in [2.45, 2.75) is 18.6 Å². The van der Waals surface area contributed by atoms with E-state index in [1.807, 2.05) is 0 Å². The summed E-state index contributed by atoms with van der Waals surface area (Å²) in [5, 5.41) is 28.9. The summed E-state index contributed by atoms with van der Waals surface area (Å²) in [5.41, 5.74) is 1.37. The summed E-state index contributed by atoms with van der Waals surface area (Å²) in [7, 11) is 0. The second kappa shape index (κ2) is 3.90. The zero-order valence-electron chi connectivity index (χ0n) is 8.24. The number of hydrogen-bond donors (Lipinski definition) is 3. The molecular formula is C11H14NO3. The standard InChI is InChI=1S/C11H14NO3/c1-7(13)6-12-10(14)8-4-2-3-5-9(8)11(12)15/h2-5,7,10-11,13-15H,1,6H2. The molecule has 0 amide bonds. The zero-order chi connectivity index (χ0) is 11.0. The van der Waals surface area contributed by atoms with Gasteiger partial charge in [-0.25, -0.2) is 4.90 Å². The first-order chi connectivity index (χ1) is 7.11. The summed E-state index contributed by atoms with van der Waals surface area (Å²) in [4.78, 5) is 1.41. The van der Waals surface area contributed by atoms with E-state index in [0.29, 0.717) is 11.1 Å². The molecule has 1 aromatic carbocycles. The predicted octanol–water partition coefficient (Wildman–Crippen LogP) is 0.179. The van der Waals surface area contributed by atoms with Crippen LogP contribution >= 0.6 is 0 Å². The average molecular weight is 208 g/mol. The maximum Gasteiger partial charge on any atom is 0.136 e. The van der Waals surface area contributed by atoms with Crippen LogP contribution in [0.4, 0.5) is 0 Å². The molecule has 1 radical (unpaired) electrons. The van der Waals surface area contributed by atoms with E-state index in [0.717, 1.165) is 0 Å². The minimum absolute atomic E-state index is 0.136. The summed E-state index contributed by atoms with van der Waals surface area (Å²) in [6.07, 6.45) is -2.57. The number of rotatable bonds is 2. The van der Waals surface area contributed by atoms with Crippen LogP contribution in [0.2, 0.25) is 0 Å². The molecule has 1 aliphatic heterocycles. The molecular weight excluding hydrogens is 194 g/mol. The summed E-state index contributed by atoms with van der Waals surface area (Å²) < 4.78 is 0. The highest BCUT2D eigenvalue weighted by Gasteiger charge is 2.36. The Labute approximate surface area is 88.4 Å². The second-order valence-corrected chi connectivity index (χ2v) is 3.73. The first-order valence-corrected chi connectivity index (χ1v) is 4.83. The molecule has 0 fully saturated rings. The average Bonchev–Trinajstić information content (AvgIpc) is 2.44. The van der Waals surface area contributed by atoms with E-state index in [1.165, 1.54) is 4.90 Å². The van der Waals surface area contributed by atoms with Crippen molar-refractivity contribution >= 4 is 0 Å². The van der Waals surface area contributed by atoms with Crippen molar-refractivity contribution in [1.82, 2.24) is 4.90 Å². The monoisotopic (exact) mass is 208 g/mol. The lowest BCUT2D eigenvalue weighted by molar-refractivity contribution is -0.0966. The van der Waals surface area contributed by atoms with E-state index in [2.05, 4.69) is 6.92 Å². The topological polar surface area (TPSA) is 63.9 Å². The third kappa shape index (κ3) is 1.77. The summed E-state index contributed by atoms with van der Waals surface area (Å²) >= 11 is 0. The molecule has 4 nitrogen and oxygen atoms in total. The van der Waals surface area contributed by atoms with Gasteiger partial charge in [0.15, 0.2) is 0 Å². The number of aliphatic hydroxyl groups is 3. The zero-order valence-corrected chi connectivity index (χ0v) is 8.24. The Morgan fingerprint density at radius 2 is 1.67 bits per heavy atom. The van der Waals surface area contributed by atoms with E-state index in [-0.39, 0.29) is 6.54 Å². The lowest BCUT2D eigenvalue weighted by Gasteiger charge is -2.25. The molecule has 0 aliphatic carbocycles. The van der Waals surface area contributed by atoms with Gasteiger partial charge >= 0.3 is 0 Å². The SMILES string of the molecule is [CH2]C(O)CN1C(O)c2ccccc2C1O. The molecule has 81 valence electrons. The van der Waals surface area contributed by atoms with E-state index in [4.69, 9.17) is 5.11 Å². The third-order valence-electron chi connectivity index (χ3n) is 2.60. The van der Waals surface area contributed by atoms with Crippen LogP contribution < -0.4 is 0 Å². The highest BCUT2D eigenvalue weighted by atomic mass is 16.3. The summed E-state index contributed by atoms with van der Waals surface area (Å²) in [5.74, 6) is 0. The molecule has 1 heterocycles. The van der Waals surface area contributed by atoms with E-state index >= 15 is 0 Å². The molecule has 3 N–H and O–H groups in total. The van der Waals surface area contributed by atoms with Crippen molar-refractivity contribution in [2.75, 3.05) is 6.54 Å². The van der Waals surface area contributed by atoms with Crippen molar-refractivity contribution in [1.29, 1.82) is 0 Å². The van der Waals surface area contributed by atoms with Gasteiger partial charge in [-0.2, -0.15) is 0 Å². The molecule has 0 spiro atoms. The normalized spacial score (nSPS) is 27.7. The van der Waals surface area contributed by atoms with Crippen LogP contribution in [-0.2, 0) is 0 Å². The van der Waals surface area contributed by atoms with E-state index in [9.17, 15) is 10.2 Å². The Balaban J connectivity index is 2.28. The van der Waals surface area contributed by atoms with Crippen LogP contribution in [-0.4, -0.2) is 32.9 Å². The van der Waals surface area contributed by atoms with Gasteiger partial charge in [0.2, 0.25) is 0 Å². The maximum atomic E-state index is 9.89. The Morgan fingerprint density at radius 3 is 2.07 bits per heavy atom. The molecule has 0 saturated carbocycles. The van der Waals surface area contributed by atoms with Crippen molar-refractivity contribution in [3.05, 3.63) is 42.3 Å². The van der Waals surface area contributed by atoms with Gasteiger partial charge in [-0.1, -0.05) is 24.3 Å². The predicted molar refractivity (Wildman–Crippen MR) is 54.4 cm³/mol. The minimum Gasteiger partial charge on any atom is -0.392 e. The molecule has 1 aromatic rings. The Morgan fingerprint density at radius 1 is 1.20 bits per heavy atom. The van der Waals surface area contributed by atoms with Crippen molar-refractivity contribution in [3.63, 3.8) is 0 Å². The molecule has 4 heteroatoms. The first-order valence-electron chi connectivity index (χ1n) is 4.83. The van der Waals surface area contributed by atoms with Gasteiger partial charge in [-0.05, 0) is 6.92 Å². The van der Waals surface area contributed by atoms with Gasteiger partial charge in [0.05, 0.1) is 6.10 Å². The van der Waals surface area contributed by atoms with Crippen LogP contribution in [0.1, 0.15) is 23.6 Å². The number of nitrogens with zero attached hydrogens (tertiary/aromatic N) is 1.